The van der Waals surface area contributed by atoms with Crippen LogP contribution in [0.3, 0.4) is 0 Å². The molecule has 1 aliphatic heterocycles. The third kappa shape index (κ3) is 8.25. The summed E-state index contributed by atoms with van der Waals surface area (Å²) in [5, 5.41) is 0. The van der Waals surface area contributed by atoms with Gasteiger partial charge in [-0.1, -0.05) is 0 Å². The topological polar surface area (TPSA) is 3.24 Å². The van der Waals surface area contributed by atoms with Crippen LogP contribution in [-0.2, 0) is 0 Å². The average Bonchev–Trinajstić information content (AvgIpc) is 3.01. The minimum absolute atomic E-state index is 1.39. The Labute approximate surface area is 139 Å². The van der Waals surface area contributed by atoms with E-state index in [0.717, 1.165) is 0 Å². The molecule has 21 heavy (non-hydrogen) atoms. The Balaban J connectivity index is 2.47. The fourth-order valence-corrected chi connectivity index (χ4v) is 20.4. The molecule has 0 N–H and O–H groups in total. The first-order valence-electron chi connectivity index (χ1n) is 9.98. The molecule has 0 radical (unpaired) electrons. The molecular weight excluding hydrogens is 361 g/mol. The van der Waals surface area contributed by atoms with Gasteiger partial charge < -0.3 is 0 Å². The predicted molar refractivity (Wildman–Crippen MR) is 100.0 cm³/mol. The van der Waals surface area contributed by atoms with Crippen molar-refractivity contribution in [3.63, 3.8) is 0 Å². The van der Waals surface area contributed by atoms with E-state index in [1.54, 1.807) is 17.7 Å². The Morgan fingerprint density at radius 2 is 1.10 bits per heavy atom. The van der Waals surface area contributed by atoms with Crippen molar-refractivity contribution in [2.45, 2.75) is 96.3 Å². The van der Waals surface area contributed by atoms with E-state index in [4.69, 9.17) is 0 Å². The second-order valence-electron chi connectivity index (χ2n) is 7.46. The standard InChI is InChI=1S/C7H14N.3C4H9.Sn/c1-2-5-8-6-3-4-7-8;3*1-3-4-2;/h1-7H2;3*1,3-4H2,2H3;. The summed E-state index contributed by atoms with van der Waals surface area (Å²) in [4.78, 5) is 2.73. The molecule has 0 amide bonds. The molecule has 0 saturated carbocycles. The van der Waals surface area contributed by atoms with Crippen LogP contribution in [0.25, 0.3) is 0 Å². The average molecular weight is 402 g/mol. The molecule has 126 valence electrons. The van der Waals surface area contributed by atoms with Crippen molar-refractivity contribution in [3.8, 4) is 0 Å². The Kier molecular flexibility index (Phi) is 11.5. The molecule has 0 aromatic carbocycles. The summed E-state index contributed by atoms with van der Waals surface area (Å²) in [7, 11) is 0. The molecule has 1 saturated heterocycles. The van der Waals surface area contributed by atoms with Gasteiger partial charge in [-0.25, -0.2) is 0 Å². The van der Waals surface area contributed by atoms with Crippen molar-refractivity contribution in [2.24, 2.45) is 0 Å². The Morgan fingerprint density at radius 1 is 0.667 bits per heavy atom. The van der Waals surface area contributed by atoms with Gasteiger partial charge in [-0.3, -0.25) is 0 Å². The van der Waals surface area contributed by atoms with Gasteiger partial charge in [-0.15, -0.1) is 0 Å². The first-order chi connectivity index (χ1) is 10.3. The van der Waals surface area contributed by atoms with Gasteiger partial charge in [0.2, 0.25) is 0 Å². The summed E-state index contributed by atoms with van der Waals surface area (Å²) < 4.78 is 6.80. The molecule has 1 aliphatic rings. The molecule has 0 spiro atoms. The van der Waals surface area contributed by atoms with Crippen LogP contribution >= 0.6 is 0 Å². The van der Waals surface area contributed by atoms with E-state index >= 15 is 0 Å². The molecule has 1 nitrogen and oxygen atoms in total. The molecule has 0 aromatic rings. The van der Waals surface area contributed by atoms with Crippen molar-refractivity contribution >= 4 is 18.4 Å². The second kappa shape index (κ2) is 12.2. The quantitative estimate of drug-likeness (QED) is 0.326. The van der Waals surface area contributed by atoms with Crippen molar-refractivity contribution in [2.75, 3.05) is 19.6 Å². The minimum atomic E-state index is -1.80. The molecule has 1 fully saturated rings. The first kappa shape index (κ1) is 19.8. The van der Waals surface area contributed by atoms with Crippen LogP contribution in [0.2, 0.25) is 17.7 Å². The van der Waals surface area contributed by atoms with E-state index in [9.17, 15) is 0 Å². The van der Waals surface area contributed by atoms with Crippen LogP contribution in [0.5, 0.6) is 0 Å². The zero-order chi connectivity index (χ0) is 15.4. The molecule has 0 aliphatic carbocycles. The summed E-state index contributed by atoms with van der Waals surface area (Å²) in [6, 6.07) is 0. The molecule has 1 heterocycles. The zero-order valence-corrected chi connectivity index (χ0v) is 18.1. The van der Waals surface area contributed by atoms with Gasteiger partial charge >= 0.3 is 139 Å². The summed E-state index contributed by atoms with van der Waals surface area (Å²) in [6.45, 7) is 11.4. The van der Waals surface area contributed by atoms with Gasteiger partial charge in [-0.05, 0) is 0 Å². The monoisotopic (exact) mass is 403 g/mol. The molecule has 0 aromatic heterocycles. The summed E-state index contributed by atoms with van der Waals surface area (Å²) >= 11 is -1.80. The van der Waals surface area contributed by atoms with E-state index in [-0.39, 0.29) is 0 Å². The summed E-state index contributed by atoms with van der Waals surface area (Å²) in [5.41, 5.74) is 0. The molecule has 0 atom stereocenters. The molecular formula is C19H41NSn. The molecule has 0 bridgehead atoms. The fourth-order valence-electron chi connectivity index (χ4n) is 4.09. The van der Waals surface area contributed by atoms with Crippen molar-refractivity contribution in [1.82, 2.24) is 4.90 Å². The van der Waals surface area contributed by atoms with Crippen molar-refractivity contribution < 1.29 is 0 Å². The normalized spacial score (nSPS) is 16.7. The van der Waals surface area contributed by atoms with Crippen LogP contribution in [0.1, 0.15) is 78.6 Å². The van der Waals surface area contributed by atoms with Gasteiger partial charge in [0.15, 0.2) is 0 Å². The first-order valence-corrected chi connectivity index (χ1v) is 18.1. The second-order valence-corrected chi connectivity index (χ2v) is 21.7. The van der Waals surface area contributed by atoms with Crippen LogP contribution in [0.4, 0.5) is 0 Å². The van der Waals surface area contributed by atoms with Crippen LogP contribution in [0.15, 0.2) is 0 Å². The maximum absolute atomic E-state index is 2.73. The van der Waals surface area contributed by atoms with E-state index < -0.39 is 18.4 Å². The van der Waals surface area contributed by atoms with Gasteiger partial charge in [-0.2, -0.15) is 0 Å². The number of nitrogens with zero attached hydrogens (tertiary/aromatic N) is 1. The number of rotatable bonds is 13. The Morgan fingerprint density at radius 3 is 1.52 bits per heavy atom. The Bertz CT molecular complexity index is 214. The van der Waals surface area contributed by atoms with E-state index in [1.165, 1.54) is 77.4 Å². The number of hydrogen-bond acceptors (Lipinski definition) is 1. The molecule has 0 unspecified atom stereocenters. The van der Waals surface area contributed by atoms with E-state index in [2.05, 4.69) is 25.7 Å². The van der Waals surface area contributed by atoms with Gasteiger partial charge in [0.25, 0.3) is 0 Å². The predicted octanol–water partition coefficient (Wildman–Crippen LogP) is 6.32. The molecule has 2 heteroatoms. The summed E-state index contributed by atoms with van der Waals surface area (Å²) in [5.74, 6) is 0. The number of likely N-dealkylation sites (tertiary alicyclic amines) is 1. The van der Waals surface area contributed by atoms with Crippen LogP contribution < -0.4 is 0 Å². The van der Waals surface area contributed by atoms with E-state index in [1.807, 2.05) is 0 Å². The molecule has 1 rings (SSSR count). The number of hydrogen-bond donors (Lipinski definition) is 0. The number of unbranched alkanes of at least 4 members (excludes halogenated alkanes) is 3. The SMILES string of the molecule is CCC[CH2][Sn]([CH2]CCC)([CH2]CCC)[CH2]CCN1CCCC1. The summed E-state index contributed by atoms with van der Waals surface area (Å²) in [6.07, 6.45) is 13.3. The fraction of sp³-hybridized carbons (Fsp3) is 1.00. The third-order valence-corrected chi connectivity index (χ3v) is 21.7. The van der Waals surface area contributed by atoms with Crippen LogP contribution in [-0.4, -0.2) is 42.9 Å². The van der Waals surface area contributed by atoms with Gasteiger partial charge in [0.1, 0.15) is 0 Å². The third-order valence-electron chi connectivity index (χ3n) is 5.56. The van der Waals surface area contributed by atoms with E-state index in [0.29, 0.717) is 0 Å². The van der Waals surface area contributed by atoms with Crippen molar-refractivity contribution in [3.05, 3.63) is 0 Å². The van der Waals surface area contributed by atoms with Gasteiger partial charge in [0, 0.05) is 0 Å². The maximum atomic E-state index is 2.73. The van der Waals surface area contributed by atoms with Gasteiger partial charge in [0.05, 0.1) is 0 Å². The van der Waals surface area contributed by atoms with Crippen LogP contribution in [0, 0.1) is 0 Å². The zero-order valence-electron chi connectivity index (χ0n) is 15.3. The van der Waals surface area contributed by atoms with Crippen molar-refractivity contribution in [1.29, 1.82) is 0 Å². The Hall–Kier alpha value is 0.759.